The van der Waals surface area contributed by atoms with Crippen LogP contribution in [0, 0.1) is 0 Å². The predicted octanol–water partition coefficient (Wildman–Crippen LogP) is 2.75. The van der Waals surface area contributed by atoms with Crippen molar-refractivity contribution in [1.29, 1.82) is 0 Å². The molecule has 3 aromatic heterocycles. The molecule has 162 valence electrons. The van der Waals surface area contributed by atoms with Crippen molar-refractivity contribution in [1.82, 2.24) is 34.7 Å². The van der Waals surface area contributed by atoms with Gasteiger partial charge in [-0.1, -0.05) is 30.3 Å². The molecule has 1 amide bonds. The van der Waals surface area contributed by atoms with Crippen LogP contribution < -0.4 is 4.74 Å². The van der Waals surface area contributed by atoms with Crippen LogP contribution >= 0.6 is 0 Å². The van der Waals surface area contributed by atoms with Gasteiger partial charge in [-0.05, 0) is 18.2 Å². The van der Waals surface area contributed by atoms with E-state index in [1.165, 1.54) is 0 Å². The summed E-state index contributed by atoms with van der Waals surface area (Å²) in [4.78, 5) is 14.9. The molecule has 1 aromatic carbocycles. The number of amides is 1. The maximum Gasteiger partial charge on any atom is 0.272 e. The second kappa shape index (κ2) is 8.62. The van der Waals surface area contributed by atoms with Crippen molar-refractivity contribution in [3.63, 3.8) is 0 Å². The van der Waals surface area contributed by atoms with Gasteiger partial charge in [-0.25, -0.2) is 4.68 Å². The Bertz CT molecular complexity index is 1180. The van der Waals surface area contributed by atoms with Gasteiger partial charge in [0, 0.05) is 57.0 Å². The van der Waals surface area contributed by atoms with E-state index in [-0.39, 0.29) is 12.0 Å². The minimum absolute atomic E-state index is 0.00433. The summed E-state index contributed by atoms with van der Waals surface area (Å²) in [6.45, 7) is 1.24. The molecule has 9 heteroatoms. The maximum absolute atomic E-state index is 13.1. The van der Waals surface area contributed by atoms with Crippen LogP contribution in [0.4, 0.5) is 0 Å². The van der Waals surface area contributed by atoms with E-state index in [2.05, 4.69) is 20.4 Å². The van der Waals surface area contributed by atoms with Crippen molar-refractivity contribution in [2.45, 2.75) is 18.9 Å². The molecule has 0 bridgehead atoms. The molecule has 1 aliphatic rings. The quantitative estimate of drug-likeness (QED) is 0.485. The molecule has 0 radical (unpaired) electrons. The second-order valence-electron chi connectivity index (χ2n) is 7.69. The highest BCUT2D eigenvalue weighted by molar-refractivity contribution is 5.93. The smallest absolute Gasteiger partial charge is 0.272 e. The fourth-order valence-electron chi connectivity index (χ4n) is 3.83. The van der Waals surface area contributed by atoms with Crippen LogP contribution in [-0.2, 0) is 7.05 Å². The SMILES string of the molecule is Cn1nc(-c2ccccc2)cc1C(=O)N1CCC(Oc2ccc(-n3cccn3)nn2)CC1. The van der Waals surface area contributed by atoms with E-state index in [0.29, 0.717) is 30.5 Å². The van der Waals surface area contributed by atoms with Gasteiger partial charge in [-0.15, -0.1) is 10.2 Å². The van der Waals surface area contributed by atoms with E-state index in [4.69, 9.17) is 4.74 Å². The van der Waals surface area contributed by atoms with Gasteiger partial charge in [0.2, 0.25) is 5.88 Å². The van der Waals surface area contributed by atoms with Gasteiger partial charge in [-0.3, -0.25) is 9.48 Å². The van der Waals surface area contributed by atoms with E-state index in [0.717, 1.165) is 24.1 Å². The van der Waals surface area contributed by atoms with Crippen LogP contribution in [0.2, 0.25) is 0 Å². The topological polar surface area (TPSA) is 91.0 Å². The Balaban J connectivity index is 1.19. The molecule has 0 N–H and O–H groups in total. The second-order valence-corrected chi connectivity index (χ2v) is 7.69. The summed E-state index contributed by atoms with van der Waals surface area (Å²) in [6, 6.07) is 17.2. The Morgan fingerprint density at radius 1 is 1.03 bits per heavy atom. The molecule has 1 saturated heterocycles. The molecule has 9 nitrogen and oxygen atoms in total. The summed E-state index contributed by atoms with van der Waals surface area (Å²) < 4.78 is 9.29. The van der Waals surface area contributed by atoms with E-state index >= 15 is 0 Å². The van der Waals surface area contributed by atoms with Crippen molar-refractivity contribution >= 4 is 5.91 Å². The monoisotopic (exact) mass is 429 g/mol. The third-order valence-electron chi connectivity index (χ3n) is 5.55. The molecule has 0 aliphatic carbocycles. The Kier molecular flexibility index (Phi) is 5.37. The molecule has 1 aliphatic heterocycles. The number of aryl methyl sites for hydroxylation is 1. The summed E-state index contributed by atoms with van der Waals surface area (Å²) >= 11 is 0. The first-order chi connectivity index (χ1) is 15.7. The predicted molar refractivity (Wildman–Crippen MR) is 117 cm³/mol. The third kappa shape index (κ3) is 4.09. The zero-order valence-corrected chi connectivity index (χ0v) is 17.7. The van der Waals surface area contributed by atoms with E-state index < -0.39 is 0 Å². The zero-order valence-electron chi connectivity index (χ0n) is 17.7. The van der Waals surface area contributed by atoms with Crippen LogP contribution in [0.25, 0.3) is 17.1 Å². The number of benzene rings is 1. The number of likely N-dealkylation sites (tertiary alicyclic amines) is 1. The third-order valence-corrected chi connectivity index (χ3v) is 5.55. The van der Waals surface area contributed by atoms with Gasteiger partial charge in [0.15, 0.2) is 5.82 Å². The lowest BCUT2D eigenvalue weighted by Gasteiger charge is -2.31. The van der Waals surface area contributed by atoms with Gasteiger partial charge in [0.1, 0.15) is 11.8 Å². The molecule has 4 heterocycles. The number of hydrogen-bond donors (Lipinski definition) is 0. The van der Waals surface area contributed by atoms with Crippen molar-refractivity contribution < 1.29 is 9.53 Å². The Morgan fingerprint density at radius 3 is 2.53 bits per heavy atom. The Morgan fingerprint density at radius 2 is 1.84 bits per heavy atom. The largest absolute Gasteiger partial charge is 0.473 e. The lowest BCUT2D eigenvalue weighted by molar-refractivity contribution is 0.0576. The van der Waals surface area contributed by atoms with Gasteiger partial charge < -0.3 is 9.64 Å². The molecule has 5 rings (SSSR count). The van der Waals surface area contributed by atoms with E-state index in [9.17, 15) is 4.79 Å². The normalized spacial score (nSPS) is 14.5. The molecule has 0 saturated carbocycles. The van der Waals surface area contributed by atoms with Crippen LogP contribution in [0.15, 0.2) is 67.0 Å². The zero-order chi connectivity index (χ0) is 21.9. The Hall–Kier alpha value is -4.01. The molecule has 1 fully saturated rings. The summed E-state index contributed by atoms with van der Waals surface area (Å²) in [7, 11) is 1.81. The van der Waals surface area contributed by atoms with Crippen LogP contribution in [0.5, 0.6) is 5.88 Å². The molecular weight excluding hydrogens is 406 g/mol. The minimum Gasteiger partial charge on any atom is -0.473 e. The van der Waals surface area contributed by atoms with Crippen LogP contribution in [0.1, 0.15) is 23.3 Å². The first kappa shape index (κ1) is 19.9. The highest BCUT2D eigenvalue weighted by Crippen LogP contribution is 2.22. The number of aromatic nitrogens is 6. The molecule has 0 spiro atoms. The summed E-state index contributed by atoms with van der Waals surface area (Å²) in [5.41, 5.74) is 2.38. The Labute approximate surface area is 185 Å². The standard InChI is InChI=1S/C23H23N7O2/c1-28-20(16-19(27-28)17-6-3-2-4-7-17)23(31)29-14-10-18(11-15-29)32-22-9-8-21(25-26-22)30-13-5-12-24-30/h2-9,12-13,16,18H,10-11,14-15H2,1H3. The molecular formula is C23H23N7O2. The molecule has 0 unspecified atom stereocenters. The first-order valence-electron chi connectivity index (χ1n) is 10.6. The number of ether oxygens (including phenoxy) is 1. The highest BCUT2D eigenvalue weighted by Gasteiger charge is 2.27. The van der Waals surface area contributed by atoms with Crippen molar-refractivity contribution in [2.24, 2.45) is 7.05 Å². The number of hydrogen-bond acceptors (Lipinski definition) is 6. The minimum atomic E-state index is -0.0102. The number of carbonyl (C=O) groups is 1. The number of rotatable bonds is 5. The summed E-state index contributed by atoms with van der Waals surface area (Å²) in [6.07, 6.45) is 4.96. The number of piperidine rings is 1. The molecule has 0 atom stereocenters. The first-order valence-corrected chi connectivity index (χ1v) is 10.6. The summed E-state index contributed by atoms with van der Waals surface area (Å²) in [5.74, 6) is 1.10. The van der Waals surface area contributed by atoms with Gasteiger partial charge >= 0.3 is 0 Å². The average Bonchev–Trinajstić information content (AvgIpc) is 3.51. The lowest BCUT2D eigenvalue weighted by atomic mass is 10.1. The van der Waals surface area contributed by atoms with Gasteiger partial charge in [0.25, 0.3) is 5.91 Å². The van der Waals surface area contributed by atoms with Crippen LogP contribution in [-0.4, -0.2) is 59.8 Å². The highest BCUT2D eigenvalue weighted by atomic mass is 16.5. The van der Waals surface area contributed by atoms with Crippen molar-refractivity contribution in [2.75, 3.05) is 13.1 Å². The lowest BCUT2D eigenvalue weighted by Crippen LogP contribution is -2.42. The molecule has 4 aromatic rings. The fraction of sp³-hybridized carbons (Fsp3) is 0.261. The number of nitrogens with zero attached hydrogens (tertiary/aromatic N) is 7. The summed E-state index contributed by atoms with van der Waals surface area (Å²) in [5, 5.41) is 17.0. The van der Waals surface area contributed by atoms with E-state index in [1.807, 2.05) is 59.6 Å². The van der Waals surface area contributed by atoms with E-state index in [1.54, 1.807) is 28.7 Å². The van der Waals surface area contributed by atoms with Crippen molar-refractivity contribution in [3.8, 4) is 23.0 Å². The van der Waals surface area contributed by atoms with Crippen LogP contribution in [0.3, 0.4) is 0 Å². The average molecular weight is 429 g/mol. The van der Waals surface area contributed by atoms with Gasteiger partial charge in [-0.2, -0.15) is 10.2 Å². The fourth-order valence-corrected chi connectivity index (χ4v) is 3.83. The number of carbonyl (C=O) groups excluding carboxylic acids is 1. The molecule has 32 heavy (non-hydrogen) atoms. The van der Waals surface area contributed by atoms with Crippen molar-refractivity contribution in [3.05, 3.63) is 72.7 Å². The maximum atomic E-state index is 13.1. The van der Waals surface area contributed by atoms with Gasteiger partial charge in [0.05, 0.1) is 5.69 Å².